The van der Waals surface area contributed by atoms with Gasteiger partial charge in [-0.3, -0.25) is 4.79 Å². The minimum absolute atomic E-state index is 0.0277. The van der Waals surface area contributed by atoms with Crippen LogP contribution in [0, 0.1) is 24.2 Å². The monoisotopic (exact) mass is 220 g/mol. The average molecular weight is 220 g/mol. The highest BCUT2D eigenvalue weighted by Gasteiger charge is 2.43. The number of fused-ring (bicyclic) bond motifs is 1. The Morgan fingerprint density at radius 2 is 2.25 bits per heavy atom. The van der Waals surface area contributed by atoms with Crippen LogP contribution in [0.25, 0.3) is 0 Å². The fourth-order valence-electron chi connectivity index (χ4n) is 2.90. The molecule has 0 aromatic heterocycles. The summed E-state index contributed by atoms with van der Waals surface area (Å²) in [5.41, 5.74) is -0.546. The Morgan fingerprint density at radius 1 is 1.50 bits per heavy atom. The van der Waals surface area contributed by atoms with Crippen molar-refractivity contribution in [2.75, 3.05) is 6.54 Å². The van der Waals surface area contributed by atoms with E-state index in [1.807, 2.05) is 13.8 Å². The smallest absolute Gasteiger partial charge is 0.238 e. The van der Waals surface area contributed by atoms with Crippen LogP contribution in [0.5, 0.6) is 0 Å². The van der Waals surface area contributed by atoms with Gasteiger partial charge in [0.25, 0.3) is 0 Å². The van der Waals surface area contributed by atoms with E-state index in [0.717, 1.165) is 6.54 Å². The normalized spacial score (nSPS) is 33.2. The summed E-state index contributed by atoms with van der Waals surface area (Å²) in [4.78, 5) is 12.1. The third-order valence-corrected chi connectivity index (χ3v) is 3.82. The average Bonchev–Trinajstić information content (AvgIpc) is 2.77. The van der Waals surface area contributed by atoms with Crippen molar-refractivity contribution in [1.29, 1.82) is 0 Å². The fraction of sp³-hybridized carbons (Fsp3) is 0.769. The van der Waals surface area contributed by atoms with Gasteiger partial charge in [0.1, 0.15) is 0 Å². The molecule has 1 amide bonds. The molecular weight excluding hydrogens is 200 g/mol. The summed E-state index contributed by atoms with van der Waals surface area (Å²) in [6.07, 6.45) is 9.07. The van der Waals surface area contributed by atoms with Crippen LogP contribution in [0.15, 0.2) is 0 Å². The van der Waals surface area contributed by atoms with Gasteiger partial charge < -0.3 is 10.6 Å². The van der Waals surface area contributed by atoms with Gasteiger partial charge in [0.15, 0.2) is 0 Å². The van der Waals surface area contributed by atoms with E-state index in [4.69, 9.17) is 6.42 Å². The van der Waals surface area contributed by atoms with Gasteiger partial charge in [-0.1, -0.05) is 12.3 Å². The SMILES string of the molecule is C#CC(C)(C)NC(=O)C1NCC2CCCC21. The third kappa shape index (κ3) is 2.08. The van der Waals surface area contributed by atoms with Crippen LogP contribution in [0.3, 0.4) is 0 Å². The molecule has 0 radical (unpaired) electrons. The number of carbonyl (C=O) groups is 1. The predicted octanol–water partition coefficient (Wildman–Crippen LogP) is 0.902. The molecule has 2 aliphatic rings. The van der Waals surface area contributed by atoms with Crippen LogP contribution >= 0.6 is 0 Å². The van der Waals surface area contributed by atoms with Gasteiger partial charge in [-0.05, 0) is 45.1 Å². The van der Waals surface area contributed by atoms with Gasteiger partial charge in [-0.2, -0.15) is 0 Å². The molecule has 3 unspecified atom stereocenters. The molecule has 1 aliphatic heterocycles. The molecular formula is C13H20N2O. The first-order valence-electron chi connectivity index (χ1n) is 6.07. The molecule has 88 valence electrons. The van der Waals surface area contributed by atoms with Crippen molar-refractivity contribution in [3.05, 3.63) is 0 Å². The Morgan fingerprint density at radius 3 is 2.94 bits per heavy atom. The first-order valence-corrected chi connectivity index (χ1v) is 6.07. The summed E-state index contributed by atoms with van der Waals surface area (Å²) in [7, 11) is 0. The lowest BCUT2D eigenvalue weighted by atomic mass is 9.93. The van der Waals surface area contributed by atoms with Crippen LogP contribution in [0.4, 0.5) is 0 Å². The van der Waals surface area contributed by atoms with E-state index in [1.54, 1.807) is 0 Å². The molecule has 3 nitrogen and oxygen atoms in total. The second-order valence-corrected chi connectivity index (χ2v) is 5.50. The zero-order valence-electron chi connectivity index (χ0n) is 10.0. The number of amides is 1. The minimum Gasteiger partial charge on any atom is -0.339 e. The Hall–Kier alpha value is -1.01. The second kappa shape index (κ2) is 4.10. The van der Waals surface area contributed by atoms with E-state index < -0.39 is 5.54 Å². The maximum absolute atomic E-state index is 12.1. The van der Waals surface area contributed by atoms with Gasteiger partial charge in [0.05, 0.1) is 11.6 Å². The minimum atomic E-state index is -0.546. The quantitative estimate of drug-likeness (QED) is 0.679. The molecule has 0 bridgehead atoms. The Labute approximate surface area is 97.4 Å². The largest absolute Gasteiger partial charge is 0.339 e. The lowest BCUT2D eigenvalue weighted by Crippen LogP contribution is -2.51. The van der Waals surface area contributed by atoms with Gasteiger partial charge >= 0.3 is 0 Å². The van der Waals surface area contributed by atoms with Crippen molar-refractivity contribution in [2.24, 2.45) is 11.8 Å². The van der Waals surface area contributed by atoms with Crippen molar-refractivity contribution in [2.45, 2.75) is 44.7 Å². The Bertz CT molecular complexity index is 329. The standard InChI is InChI=1S/C13H20N2O/c1-4-13(2,3)15-12(16)11-10-7-5-6-9(10)8-14-11/h1,9-11,14H,5-8H2,2-3H3,(H,15,16). The molecule has 16 heavy (non-hydrogen) atoms. The van der Waals surface area contributed by atoms with Crippen molar-refractivity contribution in [3.63, 3.8) is 0 Å². The summed E-state index contributed by atoms with van der Waals surface area (Å²) in [6, 6.07) is -0.0277. The summed E-state index contributed by atoms with van der Waals surface area (Å²) in [5, 5.41) is 6.25. The zero-order chi connectivity index (χ0) is 11.8. The zero-order valence-corrected chi connectivity index (χ0v) is 10.0. The number of nitrogens with one attached hydrogen (secondary N) is 2. The molecule has 2 N–H and O–H groups in total. The number of terminal acetylenes is 1. The van der Waals surface area contributed by atoms with E-state index >= 15 is 0 Å². The van der Waals surface area contributed by atoms with Crippen LogP contribution in [0.1, 0.15) is 33.1 Å². The van der Waals surface area contributed by atoms with E-state index in [1.165, 1.54) is 19.3 Å². The summed E-state index contributed by atoms with van der Waals surface area (Å²) in [6.45, 7) is 4.69. The predicted molar refractivity (Wildman–Crippen MR) is 63.7 cm³/mol. The van der Waals surface area contributed by atoms with Gasteiger partial charge in [0, 0.05) is 0 Å². The number of hydrogen-bond acceptors (Lipinski definition) is 2. The molecule has 0 aromatic rings. The maximum atomic E-state index is 12.1. The molecule has 3 atom stereocenters. The highest BCUT2D eigenvalue weighted by atomic mass is 16.2. The molecule has 1 saturated carbocycles. The lowest BCUT2D eigenvalue weighted by molar-refractivity contribution is -0.124. The Balaban J connectivity index is 1.98. The van der Waals surface area contributed by atoms with Crippen molar-refractivity contribution in [3.8, 4) is 12.3 Å². The van der Waals surface area contributed by atoms with E-state index in [9.17, 15) is 4.79 Å². The number of hydrogen-bond donors (Lipinski definition) is 2. The van der Waals surface area contributed by atoms with Crippen LogP contribution in [-0.4, -0.2) is 24.0 Å². The second-order valence-electron chi connectivity index (χ2n) is 5.50. The number of carbonyl (C=O) groups excluding carboxylic acids is 1. The first kappa shape index (κ1) is 11.5. The molecule has 2 rings (SSSR count). The number of rotatable bonds is 2. The van der Waals surface area contributed by atoms with E-state index in [-0.39, 0.29) is 11.9 Å². The molecule has 0 aromatic carbocycles. The van der Waals surface area contributed by atoms with Crippen LogP contribution in [0.2, 0.25) is 0 Å². The maximum Gasteiger partial charge on any atom is 0.238 e. The van der Waals surface area contributed by atoms with Crippen molar-refractivity contribution < 1.29 is 4.79 Å². The lowest BCUT2D eigenvalue weighted by Gasteiger charge is -2.24. The molecule has 0 spiro atoms. The van der Waals surface area contributed by atoms with Crippen molar-refractivity contribution in [1.82, 2.24) is 10.6 Å². The molecule has 1 aliphatic carbocycles. The van der Waals surface area contributed by atoms with Gasteiger partial charge in [-0.15, -0.1) is 6.42 Å². The fourth-order valence-corrected chi connectivity index (χ4v) is 2.90. The highest BCUT2D eigenvalue weighted by molar-refractivity contribution is 5.83. The Kier molecular flexibility index (Phi) is 2.94. The van der Waals surface area contributed by atoms with Gasteiger partial charge in [-0.25, -0.2) is 0 Å². The van der Waals surface area contributed by atoms with E-state index in [2.05, 4.69) is 16.6 Å². The van der Waals surface area contributed by atoms with Crippen LogP contribution in [-0.2, 0) is 4.79 Å². The summed E-state index contributed by atoms with van der Waals surface area (Å²) < 4.78 is 0. The first-order chi connectivity index (χ1) is 7.53. The summed E-state index contributed by atoms with van der Waals surface area (Å²) in [5.74, 6) is 3.88. The van der Waals surface area contributed by atoms with Gasteiger partial charge in [0.2, 0.25) is 5.91 Å². The van der Waals surface area contributed by atoms with Crippen LogP contribution < -0.4 is 10.6 Å². The topological polar surface area (TPSA) is 41.1 Å². The molecule has 3 heteroatoms. The highest BCUT2D eigenvalue weighted by Crippen LogP contribution is 2.37. The van der Waals surface area contributed by atoms with Crippen molar-refractivity contribution >= 4 is 5.91 Å². The molecule has 1 heterocycles. The third-order valence-electron chi connectivity index (χ3n) is 3.82. The molecule has 2 fully saturated rings. The summed E-state index contributed by atoms with van der Waals surface area (Å²) >= 11 is 0. The molecule has 1 saturated heterocycles. The van der Waals surface area contributed by atoms with E-state index in [0.29, 0.717) is 11.8 Å².